The van der Waals surface area contributed by atoms with Crippen LogP contribution in [0.5, 0.6) is 0 Å². The van der Waals surface area contributed by atoms with Crippen LogP contribution < -0.4 is 5.32 Å². The topological polar surface area (TPSA) is 54.5 Å². The van der Waals surface area contributed by atoms with Gasteiger partial charge in [-0.15, -0.1) is 0 Å². The van der Waals surface area contributed by atoms with Gasteiger partial charge in [0.2, 0.25) is 0 Å². The second kappa shape index (κ2) is 5.82. The van der Waals surface area contributed by atoms with Crippen LogP contribution in [0.2, 0.25) is 0 Å². The van der Waals surface area contributed by atoms with Gasteiger partial charge < -0.3 is 15.0 Å². The van der Waals surface area contributed by atoms with Crippen LogP contribution in [-0.2, 0) is 4.74 Å². The number of likely N-dealkylation sites (N-methyl/N-ethyl adjacent to an activating group) is 1. The molecule has 18 heavy (non-hydrogen) atoms. The molecule has 1 unspecified atom stereocenters. The molecule has 2 heterocycles. The van der Waals surface area contributed by atoms with Gasteiger partial charge >= 0.3 is 5.97 Å². The maximum atomic E-state index is 11.4. The first-order valence-electron chi connectivity index (χ1n) is 6.18. The maximum Gasteiger partial charge on any atom is 0.338 e. The lowest BCUT2D eigenvalue weighted by Gasteiger charge is -2.30. The summed E-state index contributed by atoms with van der Waals surface area (Å²) in [5.41, 5.74) is 0.527. The van der Waals surface area contributed by atoms with Gasteiger partial charge in [0, 0.05) is 18.8 Å². The third-order valence-corrected chi connectivity index (χ3v) is 3.16. The Morgan fingerprint density at radius 3 is 3.17 bits per heavy atom. The average Bonchev–Trinajstić information content (AvgIpc) is 2.38. The molecule has 1 saturated heterocycles. The predicted octanol–water partition coefficient (Wildman–Crippen LogP) is 1.37. The highest BCUT2D eigenvalue weighted by molar-refractivity contribution is 5.89. The Morgan fingerprint density at radius 1 is 1.61 bits per heavy atom. The molecule has 0 spiro atoms. The molecule has 1 aliphatic heterocycles. The minimum Gasteiger partial charge on any atom is -0.465 e. The van der Waals surface area contributed by atoms with E-state index in [1.165, 1.54) is 13.5 Å². The van der Waals surface area contributed by atoms with Gasteiger partial charge in [0.25, 0.3) is 0 Å². The van der Waals surface area contributed by atoms with Crippen LogP contribution in [-0.4, -0.2) is 49.1 Å². The number of anilines is 1. The van der Waals surface area contributed by atoms with Gasteiger partial charge in [0.05, 0.1) is 12.7 Å². The zero-order chi connectivity index (χ0) is 13.0. The van der Waals surface area contributed by atoms with E-state index in [4.69, 9.17) is 4.74 Å². The molecule has 5 nitrogen and oxygen atoms in total. The van der Waals surface area contributed by atoms with Crippen molar-refractivity contribution in [2.45, 2.75) is 18.9 Å². The fourth-order valence-electron chi connectivity index (χ4n) is 2.25. The van der Waals surface area contributed by atoms with E-state index in [0.29, 0.717) is 11.6 Å². The number of piperidine rings is 1. The summed E-state index contributed by atoms with van der Waals surface area (Å²) in [6.45, 7) is 2.15. The Hall–Kier alpha value is -1.62. The summed E-state index contributed by atoms with van der Waals surface area (Å²) in [6.07, 6.45) is 3.94. The SMILES string of the molecule is COC(=O)c1ccnc(NC2CCCN(C)C2)c1. The number of nitrogens with one attached hydrogen (secondary N) is 1. The van der Waals surface area contributed by atoms with Crippen LogP contribution in [0.15, 0.2) is 18.3 Å². The first kappa shape index (κ1) is 12.8. The van der Waals surface area contributed by atoms with Gasteiger partial charge in [-0.1, -0.05) is 0 Å². The highest BCUT2D eigenvalue weighted by Gasteiger charge is 2.17. The zero-order valence-corrected chi connectivity index (χ0v) is 10.8. The number of ether oxygens (including phenoxy) is 1. The molecule has 0 saturated carbocycles. The molecule has 1 atom stereocenters. The molecule has 0 aromatic carbocycles. The average molecular weight is 249 g/mol. The van der Waals surface area contributed by atoms with Crippen LogP contribution in [0.25, 0.3) is 0 Å². The van der Waals surface area contributed by atoms with Crippen LogP contribution >= 0.6 is 0 Å². The van der Waals surface area contributed by atoms with Crippen molar-refractivity contribution in [2.24, 2.45) is 0 Å². The molecule has 1 N–H and O–H groups in total. The molecule has 1 aromatic heterocycles. The van der Waals surface area contributed by atoms with Gasteiger partial charge in [-0.05, 0) is 38.6 Å². The number of methoxy groups -OCH3 is 1. The van der Waals surface area contributed by atoms with Gasteiger partial charge in [-0.25, -0.2) is 9.78 Å². The summed E-state index contributed by atoms with van der Waals surface area (Å²) < 4.78 is 4.70. The summed E-state index contributed by atoms with van der Waals surface area (Å²) in [5.74, 6) is 0.402. The number of hydrogen-bond donors (Lipinski definition) is 1. The Kier molecular flexibility index (Phi) is 4.15. The number of carbonyl (C=O) groups excluding carboxylic acids is 1. The standard InChI is InChI=1S/C13H19N3O2/c1-16-7-3-4-11(9-16)15-12-8-10(5-6-14-12)13(17)18-2/h5-6,8,11H,3-4,7,9H2,1-2H3,(H,14,15). The number of likely N-dealkylation sites (tertiary alicyclic amines) is 1. The molecule has 2 rings (SSSR count). The second-order valence-corrected chi connectivity index (χ2v) is 4.67. The molecule has 0 bridgehead atoms. The van der Waals surface area contributed by atoms with E-state index in [2.05, 4.69) is 22.2 Å². The van der Waals surface area contributed by atoms with Crippen molar-refractivity contribution in [3.05, 3.63) is 23.9 Å². The summed E-state index contributed by atoms with van der Waals surface area (Å²) in [5, 5.41) is 3.37. The Balaban J connectivity index is 2.02. The van der Waals surface area contributed by atoms with E-state index in [1.807, 2.05) is 0 Å². The fraction of sp³-hybridized carbons (Fsp3) is 0.538. The van der Waals surface area contributed by atoms with Crippen molar-refractivity contribution in [3.63, 3.8) is 0 Å². The van der Waals surface area contributed by atoms with E-state index < -0.39 is 0 Å². The molecular formula is C13H19N3O2. The number of hydrogen-bond acceptors (Lipinski definition) is 5. The first-order chi connectivity index (χ1) is 8.69. The predicted molar refractivity (Wildman–Crippen MR) is 69.7 cm³/mol. The van der Waals surface area contributed by atoms with Gasteiger partial charge in [-0.2, -0.15) is 0 Å². The summed E-state index contributed by atoms with van der Waals surface area (Å²) in [4.78, 5) is 18.0. The van der Waals surface area contributed by atoms with Gasteiger partial charge in [0.1, 0.15) is 5.82 Å². The number of rotatable bonds is 3. The normalized spacial score (nSPS) is 20.4. The number of nitrogens with zero attached hydrogens (tertiary/aromatic N) is 2. The Bertz CT molecular complexity index is 422. The van der Waals surface area contributed by atoms with Crippen molar-refractivity contribution in [3.8, 4) is 0 Å². The zero-order valence-electron chi connectivity index (χ0n) is 10.8. The molecule has 0 radical (unpaired) electrons. The third-order valence-electron chi connectivity index (χ3n) is 3.16. The highest BCUT2D eigenvalue weighted by atomic mass is 16.5. The maximum absolute atomic E-state index is 11.4. The molecule has 5 heteroatoms. The lowest BCUT2D eigenvalue weighted by atomic mass is 10.1. The molecule has 0 amide bonds. The lowest BCUT2D eigenvalue weighted by molar-refractivity contribution is 0.0600. The van der Waals surface area contributed by atoms with Crippen molar-refractivity contribution in [1.29, 1.82) is 0 Å². The smallest absolute Gasteiger partial charge is 0.338 e. The van der Waals surface area contributed by atoms with E-state index in [9.17, 15) is 4.79 Å². The first-order valence-corrected chi connectivity index (χ1v) is 6.18. The van der Waals surface area contributed by atoms with Crippen molar-refractivity contribution < 1.29 is 9.53 Å². The largest absolute Gasteiger partial charge is 0.465 e. The number of esters is 1. The van der Waals surface area contributed by atoms with Crippen LogP contribution in [0.1, 0.15) is 23.2 Å². The van der Waals surface area contributed by atoms with Crippen LogP contribution in [0.4, 0.5) is 5.82 Å². The molecule has 0 aliphatic carbocycles. The Morgan fingerprint density at radius 2 is 2.44 bits per heavy atom. The summed E-state index contributed by atoms with van der Waals surface area (Å²) in [6, 6.07) is 3.79. The minimum atomic E-state index is -0.332. The van der Waals surface area contributed by atoms with Crippen molar-refractivity contribution in [1.82, 2.24) is 9.88 Å². The molecule has 1 aromatic rings. The minimum absolute atomic E-state index is 0.332. The fourth-order valence-corrected chi connectivity index (χ4v) is 2.25. The summed E-state index contributed by atoms with van der Waals surface area (Å²) >= 11 is 0. The molecule has 1 aliphatic rings. The Labute approximate surface area is 107 Å². The van der Waals surface area contributed by atoms with E-state index in [0.717, 1.165) is 25.3 Å². The van der Waals surface area contributed by atoms with E-state index in [1.54, 1.807) is 18.3 Å². The number of carbonyl (C=O) groups is 1. The number of pyridine rings is 1. The quantitative estimate of drug-likeness (QED) is 0.820. The van der Waals surface area contributed by atoms with Crippen LogP contribution in [0.3, 0.4) is 0 Å². The van der Waals surface area contributed by atoms with Gasteiger partial charge in [-0.3, -0.25) is 0 Å². The molecule has 1 fully saturated rings. The van der Waals surface area contributed by atoms with Crippen molar-refractivity contribution in [2.75, 3.05) is 32.6 Å². The van der Waals surface area contributed by atoms with E-state index >= 15 is 0 Å². The second-order valence-electron chi connectivity index (χ2n) is 4.67. The monoisotopic (exact) mass is 249 g/mol. The third kappa shape index (κ3) is 3.20. The molecular weight excluding hydrogens is 230 g/mol. The van der Waals surface area contributed by atoms with Gasteiger partial charge in [0.15, 0.2) is 0 Å². The highest BCUT2D eigenvalue weighted by Crippen LogP contribution is 2.14. The van der Waals surface area contributed by atoms with E-state index in [-0.39, 0.29) is 5.97 Å². The lowest BCUT2D eigenvalue weighted by Crippen LogP contribution is -2.39. The molecule has 98 valence electrons. The van der Waals surface area contributed by atoms with Crippen molar-refractivity contribution >= 4 is 11.8 Å². The summed E-state index contributed by atoms with van der Waals surface area (Å²) in [7, 11) is 3.50. The number of aromatic nitrogens is 1. The van der Waals surface area contributed by atoms with Crippen LogP contribution in [0, 0.1) is 0 Å².